The molecule has 1 rings (SSSR count). The summed E-state index contributed by atoms with van der Waals surface area (Å²) in [7, 11) is 3.10. The Kier molecular flexibility index (Phi) is 4.55. The smallest absolute Gasteiger partial charge is 0.163 e. The Balaban J connectivity index is 3.19. The maximum atomic E-state index is 12.7. The van der Waals surface area contributed by atoms with Gasteiger partial charge in [-0.25, -0.2) is 4.39 Å². The van der Waals surface area contributed by atoms with Gasteiger partial charge in [-0.1, -0.05) is 0 Å². The van der Waals surface area contributed by atoms with Gasteiger partial charge >= 0.3 is 0 Å². The molecule has 0 fully saturated rings. The molecule has 3 nitrogen and oxygen atoms in total. The summed E-state index contributed by atoms with van der Waals surface area (Å²) in [4.78, 5) is 0. The second-order valence-corrected chi connectivity index (χ2v) is 3.81. The van der Waals surface area contributed by atoms with E-state index >= 15 is 0 Å². The van der Waals surface area contributed by atoms with Crippen LogP contribution in [0.3, 0.4) is 0 Å². The first-order valence-electron chi connectivity index (χ1n) is 5.17. The van der Waals surface area contributed by atoms with Crippen LogP contribution in [0.2, 0.25) is 0 Å². The van der Waals surface area contributed by atoms with Crippen molar-refractivity contribution in [3.8, 4) is 11.5 Å². The van der Waals surface area contributed by atoms with Crippen molar-refractivity contribution in [1.82, 2.24) is 0 Å². The lowest BCUT2D eigenvalue weighted by atomic mass is 10.0. The molecule has 1 aromatic carbocycles. The van der Waals surface area contributed by atoms with E-state index in [-0.39, 0.29) is 6.04 Å². The predicted molar refractivity (Wildman–Crippen MR) is 61.7 cm³/mol. The van der Waals surface area contributed by atoms with Crippen LogP contribution >= 0.6 is 0 Å². The van der Waals surface area contributed by atoms with E-state index in [0.29, 0.717) is 23.5 Å². The molecule has 0 heterocycles. The molecule has 0 amide bonds. The Morgan fingerprint density at radius 3 is 2.44 bits per heavy atom. The van der Waals surface area contributed by atoms with E-state index in [1.165, 1.54) is 7.11 Å². The Morgan fingerprint density at radius 2 is 2.00 bits per heavy atom. The van der Waals surface area contributed by atoms with Crippen molar-refractivity contribution in [2.24, 2.45) is 5.73 Å². The highest BCUT2D eigenvalue weighted by Gasteiger charge is 2.13. The number of nitrogens with two attached hydrogens (primary N) is 1. The highest BCUT2D eigenvalue weighted by Crippen LogP contribution is 2.33. The van der Waals surface area contributed by atoms with Gasteiger partial charge in [0.1, 0.15) is 6.67 Å². The van der Waals surface area contributed by atoms with Crippen LogP contribution in [-0.4, -0.2) is 20.3 Å². The van der Waals surface area contributed by atoms with Gasteiger partial charge in [0, 0.05) is 6.04 Å². The zero-order valence-electron chi connectivity index (χ0n) is 9.92. The Morgan fingerprint density at radius 1 is 1.31 bits per heavy atom. The first kappa shape index (κ1) is 12.8. The molecule has 0 saturated carbocycles. The van der Waals surface area contributed by atoms with E-state index in [9.17, 15) is 4.39 Å². The van der Waals surface area contributed by atoms with Gasteiger partial charge in [-0.05, 0) is 36.6 Å². The summed E-state index contributed by atoms with van der Waals surface area (Å²) in [5, 5.41) is 0. The SMILES string of the molecule is COc1cc(CF)cc(CC(C)N)c1OC. The number of alkyl halides is 1. The van der Waals surface area contributed by atoms with Crippen molar-refractivity contribution >= 4 is 0 Å². The van der Waals surface area contributed by atoms with Crippen molar-refractivity contribution in [2.45, 2.75) is 26.1 Å². The van der Waals surface area contributed by atoms with Crippen LogP contribution in [0.4, 0.5) is 4.39 Å². The average molecular weight is 227 g/mol. The Bertz CT molecular complexity index is 353. The number of methoxy groups -OCH3 is 2. The molecular weight excluding hydrogens is 209 g/mol. The quantitative estimate of drug-likeness (QED) is 0.837. The highest BCUT2D eigenvalue weighted by molar-refractivity contribution is 5.49. The summed E-state index contributed by atoms with van der Waals surface area (Å²) >= 11 is 0. The summed E-state index contributed by atoms with van der Waals surface area (Å²) in [5.74, 6) is 1.19. The molecule has 0 aliphatic rings. The van der Waals surface area contributed by atoms with Gasteiger partial charge in [0.2, 0.25) is 0 Å². The second kappa shape index (κ2) is 5.70. The van der Waals surface area contributed by atoms with Crippen LogP contribution < -0.4 is 15.2 Å². The van der Waals surface area contributed by atoms with Crippen molar-refractivity contribution in [2.75, 3.05) is 14.2 Å². The first-order valence-corrected chi connectivity index (χ1v) is 5.17. The van der Waals surface area contributed by atoms with E-state index in [0.717, 1.165) is 5.56 Å². The molecule has 0 aliphatic carbocycles. The fourth-order valence-corrected chi connectivity index (χ4v) is 1.68. The van der Waals surface area contributed by atoms with Crippen molar-refractivity contribution in [1.29, 1.82) is 0 Å². The van der Waals surface area contributed by atoms with Crippen LogP contribution in [-0.2, 0) is 13.1 Å². The van der Waals surface area contributed by atoms with Gasteiger partial charge in [0.25, 0.3) is 0 Å². The van der Waals surface area contributed by atoms with Crippen molar-refractivity contribution in [3.63, 3.8) is 0 Å². The van der Waals surface area contributed by atoms with Crippen LogP contribution in [0.15, 0.2) is 12.1 Å². The summed E-state index contributed by atoms with van der Waals surface area (Å²) in [6.45, 7) is 1.38. The van der Waals surface area contributed by atoms with E-state index in [1.807, 2.05) is 6.92 Å². The molecule has 0 saturated heterocycles. The molecule has 1 unspecified atom stereocenters. The number of rotatable bonds is 5. The lowest BCUT2D eigenvalue weighted by molar-refractivity contribution is 0.349. The maximum Gasteiger partial charge on any atom is 0.163 e. The number of halogens is 1. The van der Waals surface area contributed by atoms with E-state index in [4.69, 9.17) is 15.2 Å². The molecule has 0 aliphatic heterocycles. The van der Waals surface area contributed by atoms with Gasteiger partial charge in [-0.15, -0.1) is 0 Å². The third kappa shape index (κ3) is 2.85. The van der Waals surface area contributed by atoms with Gasteiger partial charge < -0.3 is 15.2 Å². The molecule has 90 valence electrons. The van der Waals surface area contributed by atoms with Gasteiger partial charge in [-0.2, -0.15) is 0 Å². The maximum absolute atomic E-state index is 12.7. The lowest BCUT2D eigenvalue weighted by Gasteiger charge is -2.15. The molecule has 4 heteroatoms. The molecule has 0 bridgehead atoms. The van der Waals surface area contributed by atoms with Crippen molar-refractivity contribution < 1.29 is 13.9 Å². The van der Waals surface area contributed by atoms with Crippen LogP contribution in [0.25, 0.3) is 0 Å². The third-order valence-electron chi connectivity index (χ3n) is 2.31. The fourth-order valence-electron chi connectivity index (χ4n) is 1.68. The second-order valence-electron chi connectivity index (χ2n) is 3.81. The van der Waals surface area contributed by atoms with Crippen LogP contribution in [0, 0.1) is 0 Å². The molecule has 16 heavy (non-hydrogen) atoms. The molecule has 2 N–H and O–H groups in total. The standard InChI is InChI=1S/C12H18FNO2/c1-8(14)4-10-5-9(7-13)6-11(15-2)12(10)16-3/h5-6,8H,4,7,14H2,1-3H3. The molecule has 0 spiro atoms. The van der Waals surface area contributed by atoms with E-state index < -0.39 is 6.67 Å². The minimum atomic E-state index is -0.522. The zero-order chi connectivity index (χ0) is 12.1. The lowest BCUT2D eigenvalue weighted by Crippen LogP contribution is -2.18. The minimum Gasteiger partial charge on any atom is -0.493 e. The molecular formula is C12H18FNO2. The Labute approximate surface area is 95.4 Å². The van der Waals surface area contributed by atoms with Gasteiger partial charge in [0.15, 0.2) is 11.5 Å². The number of hydrogen-bond acceptors (Lipinski definition) is 3. The van der Waals surface area contributed by atoms with Gasteiger partial charge in [-0.3, -0.25) is 0 Å². The van der Waals surface area contributed by atoms with E-state index in [2.05, 4.69) is 0 Å². The van der Waals surface area contributed by atoms with Crippen LogP contribution in [0.5, 0.6) is 11.5 Å². The van der Waals surface area contributed by atoms with Gasteiger partial charge in [0.05, 0.1) is 14.2 Å². The topological polar surface area (TPSA) is 44.5 Å². The minimum absolute atomic E-state index is 0.00605. The van der Waals surface area contributed by atoms with Crippen molar-refractivity contribution in [3.05, 3.63) is 23.3 Å². The first-order chi connectivity index (χ1) is 7.62. The summed E-state index contributed by atoms with van der Waals surface area (Å²) < 4.78 is 23.1. The number of ether oxygens (including phenoxy) is 2. The number of hydrogen-bond donors (Lipinski definition) is 1. The predicted octanol–water partition coefficient (Wildman–Crippen LogP) is 2.06. The zero-order valence-corrected chi connectivity index (χ0v) is 9.92. The highest BCUT2D eigenvalue weighted by atomic mass is 19.1. The van der Waals surface area contributed by atoms with E-state index in [1.54, 1.807) is 19.2 Å². The third-order valence-corrected chi connectivity index (χ3v) is 2.31. The summed E-state index contributed by atoms with van der Waals surface area (Å²) in [6, 6.07) is 3.40. The molecule has 1 atom stereocenters. The molecule has 0 aromatic heterocycles. The monoisotopic (exact) mass is 227 g/mol. The molecule has 1 aromatic rings. The average Bonchev–Trinajstić information content (AvgIpc) is 2.27. The molecule has 0 radical (unpaired) electrons. The van der Waals surface area contributed by atoms with Crippen LogP contribution in [0.1, 0.15) is 18.1 Å². The summed E-state index contributed by atoms with van der Waals surface area (Å²) in [6.07, 6.45) is 0.632. The fraction of sp³-hybridized carbons (Fsp3) is 0.500. The summed E-state index contributed by atoms with van der Waals surface area (Å²) in [5.41, 5.74) is 7.20. The normalized spacial score (nSPS) is 12.3. The largest absolute Gasteiger partial charge is 0.493 e. The Hall–Kier alpha value is -1.29. The number of benzene rings is 1.